The van der Waals surface area contributed by atoms with E-state index >= 15 is 0 Å². The minimum Gasteiger partial charge on any atom is -0.488 e. The van der Waals surface area contributed by atoms with Crippen molar-refractivity contribution < 1.29 is 41.0 Å². The summed E-state index contributed by atoms with van der Waals surface area (Å²) >= 11 is 0. The quantitative estimate of drug-likeness (QED) is 0.457. The van der Waals surface area contributed by atoms with Gasteiger partial charge in [0, 0.05) is 36.4 Å². The number of rotatable bonds is 7. The van der Waals surface area contributed by atoms with E-state index in [4.69, 9.17) is 4.74 Å². The molecule has 0 saturated heterocycles. The highest BCUT2D eigenvalue weighted by atomic mass is 32.2. The molecule has 220 valence electrons. The highest BCUT2D eigenvalue weighted by Gasteiger charge is 2.32. The number of nitrogens with zero attached hydrogens (tertiary/aromatic N) is 2. The van der Waals surface area contributed by atoms with Crippen molar-refractivity contribution in [3.05, 3.63) is 53.6 Å². The molecule has 3 amide bonds. The first kappa shape index (κ1) is 31.0. The van der Waals surface area contributed by atoms with Crippen LogP contribution in [0.3, 0.4) is 0 Å². The van der Waals surface area contributed by atoms with Gasteiger partial charge in [0.05, 0.1) is 37.4 Å². The van der Waals surface area contributed by atoms with Crippen LogP contribution in [0.1, 0.15) is 25.0 Å². The Morgan fingerprint density at radius 3 is 2.40 bits per heavy atom. The lowest BCUT2D eigenvalue weighted by Gasteiger charge is -2.34. The van der Waals surface area contributed by atoms with E-state index in [0.29, 0.717) is 11.3 Å². The average molecular weight is 587 g/mol. The molecule has 10 nitrogen and oxygen atoms in total. The number of carbonyl (C=O) groups excluding carboxylic acids is 2. The van der Waals surface area contributed by atoms with Crippen molar-refractivity contribution >= 4 is 33.3 Å². The first-order chi connectivity index (χ1) is 18.6. The molecule has 3 rings (SSSR count). The third-order valence-corrected chi connectivity index (χ3v) is 7.09. The molecule has 1 aliphatic heterocycles. The van der Waals surface area contributed by atoms with Gasteiger partial charge in [0.2, 0.25) is 15.9 Å². The van der Waals surface area contributed by atoms with Gasteiger partial charge in [-0.2, -0.15) is 13.2 Å². The monoisotopic (exact) mass is 586 g/mol. The Morgan fingerprint density at radius 1 is 1.20 bits per heavy atom. The van der Waals surface area contributed by atoms with Gasteiger partial charge in [-0.25, -0.2) is 13.2 Å². The fraction of sp³-hybridized carbons (Fsp3) is 0.462. The number of nitrogens with one attached hydrogen (secondary N) is 2. The summed E-state index contributed by atoms with van der Waals surface area (Å²) in [5.74, 6) is -0.276. The maximum absolute atomic E-state index is 13.2. The lowest BCUT2D eigenvalue weighted by atomic mass is 10.0. The van der Waals surface area contributed by atoms with E-state index in [2.05, 4.69) is 10.0 Å². The zero-order chi connectivity index (χ0) is 29.8. The molecular formula is C26H33F3N4O6S. The van der Waals surface area contributed by atoms with E-state index in [-0.39, 0.29) is 49.3 Å². The number of sulfonamides is 1. The molecule has 3 N–H and O–H groups in total. The van der Waals surface area contributed by atoms with Crippen molar-refractivity contribution in [1.82, 2.24) is 9.80 Å². The third-order valence-electron chi connectivity index (χ3n) is 6.48. The number of alkyl halides is 3. The molecule has 40 heavy (non-hydrogen) atoms. The second kappa shape index (κ2) is 12.3. The van der Waals surface area contributed by atoms with Crippen LogP contribution in [-0.4, -0.2) is 80.4 Å². The van der Waals surface area contributed by atoms with Gasteiger partial charge >= 0.3 is 12.2 Å². The highest BCUT2D eigenvalue weighted by Crippen LogP contribution is 2.31. The van der Waals surface area contributed by atoms with Gasteiger partial charge in [0.15, 0.2) is 0 Å². The number of benzene rings is 2. The largest absolute Gasteiger partial charge is 0.488 e. The zero-order valence-corrected chi connectivity index (χ0v) is 23.3. The fourth-order valence-corrected chi connectivity index (χ4v) is 4.79. The SMILES string of the molecule is C[C@H](CO)N1C[C@H](C)[C@@H](CN(C)C(=O)Nc2ccc(C(F)(F)F)cc2)Oc2ccc(NS(C)(=O)=O)cc2CC1=O. The van der Waals surface area contributed by atoms with Crippen LogP contribution in [0.4, 0.5) is 29.3 Å². The summed E-state index contributed by atoms with van der Waals surface area (Å²) < 4.78 is 70.6. The van der Waals surface area contributed by atoms with Gasteiger partial charge < -0.3 is 25.0 Å². The summed E-state index contributed by atoms with van der Waals surface area (Å²) in [4.78, 5) is 28.9. The summed E-state index contributed by atoms with van der Waals surface area (Å²) in [6.45, 7) is 3.52. The second-order valence-electron chi connectivity index (χ2n) is 9.97. The molecule has 1 heterocycles. The number of ether oxygens (including phenoxy) is 1. The van der Waals surface area contributed by atoms with Crippen molar-refractivity contribution in [1.29, 1.82) is 0 Å². The smallest absolute Gasteiger partial charge is 0.416 e. The lowest BCUT2D eigenvalue weighted by molar-refractivity contribution is -0.137. The number of fused-ring (bicyclic) bond motifs is 1. The van der Waals surface area contributed by atoms with Gasteiger partial charge in [-0.1, -0.05) is 6.92 Å². The number of carbonyl (C=O) groups is 2. The van der Waals surface area contributed by atoms with Gasteiger partial charge in [0.1, 0.15) is 11.9 Å². The predicted molar refractivity (Wildman–Crippen MR) is 144 cm³/mol. The Morgan fingerprint density at radius 2 is 1.82 bits per heavy atom. The van der Waals surface area contributed by atoms with Gasteiger partial charge in [-0.05, 0) is 49.4 Å². The molecule has 0 spiro atoms. The third kappa shape index (κ3) is 8.24. The predicted octanol–water partition coefficient (Wildman–Crippen LogP) is 3.39. The first-order valence-corrected chi connectivity index (χ1v) is 14.3. The van der Waals surface area contributed by atoms with Crippen molar-refractivity contribution in [3.8, 4) is 5.75 Å². The molecule has 3 atom stereocenters. The molecule has 2 aromatic rings. The van der Waals surface area contributed by atoms with Crippen molar-refractivity contribution in [2.45, 2.75) is 38.6 Å². The van der Waals surface area contributed by atoms with Crippen LogP contribution >= 0.6 is 0 Å². The molecular weight excluding hydrogens is 553 g/mol. The number of urea groups is 1. The van der Waals surface area contributed by atoms with Crippen LogP contribution in [0.2, 0.25) is 0 Å². The van der Waals surface area contributed by atoms with E-state index in [1.54, 1.807) is 13.0 Å². The maximum atomic E-state index is 13.2. The summed E-state index contributed by atoms with van der Waals surface area (Å²) in [7, 11) is -2.07. The topological polar surface area (TPSA) is 128 Å². The van der Waals surface area contributed by atoms with Crippen LogP contribution < -0.4 is 14.8 Å². The van der Waals surface area contributed by atoms with Crippen molar-refractivity contribution in [2.24, 2.45) is 5.92 Å². The van der Waals surface area contributed by atoms with E-state index in [9.17, 15) is 36.3 Å². The van der Waals surface area contributed by atoms with Crippen LogP contribution in [0.15, 0.2) is 42.5 Å². The number of anilines is 2. The zero-order valence-electron chi connectivity index (χ0n) is 22.5. The molecule has 0 aliphatic carbocycles. The average Bonchev–Trinajstić information content (AvgIpc) is 2.90. The number of amides is 3. The molecule has 0 unspecified atom stereocenters. The van der Waals surface area contributed by atoms with Crippen LogP contribution in [0.5, 0.6) is 5.75 Å². The molecule has 0 fully saturated rings. The molecule has 14 heteroatoms. The molecule has 0 radical (unpaired) electrons. The number of aliphatic hydroxyl groups is 1. The summed E-state index contributed by atoms with van der Waals surface area (Å²) in [6, 6.07) is 7.52. The van der Waals surface area contributed by atoms with Crippen molar-refractivity contribution in [3.63, 3.8) is 0 Å². The second-order valence-corrected chi connectivity index (χ2v) is 11.7. The molecule has 2 aromatic carbocycles. The Hall–Kier alpha value is -3.52. The Bertz CT molecular complexity index is 1320. The van der Waals surface area contributed by atoms with Gasteiger partial charge in [-0.15, -0.1) is 0 Å². The Labute approximate surface area is 231 Å². The van der Waals surface area contributed by atoms with E-state index < -0.39 is 39.9 Å². The number of hydrogen-bond donors (Lipinski definition) is 3. The number of halogens is 3. The van der Waals surface area contributed by atoms with Crippen LogP contribution in [-0.2, 0) is 27.4 Å². The standard InChI is InChI=1S/C26H33F3N4O6S/c1-16-13-33(17(2)15-34)24(35)12-18-11-21(31-40(4,37)38)9-10-22(18)39-23(16)14-32(3)25(36)30-20-7-5-19(6-8-20)26(27,28)29/h5-11,16-17,23,31,34H,12-15H2,1-4H3,(H,30,36)/t16-,17+,23+/m0/s1. The minimum absolute atomic E-state index is 0.0476. The Balaban J connectivity index is 1.85. The first-order valence-electron chi connectivity index (χ1n) is 12.4. The fourth-order valence-electron chi connectivity index (χ4n) is 4.24. The molecule has 0 aromatic heterocycles. The van der Waals surface area contributed by atoms with Crippen LogP contribution in [0.25, 0.3) is 0 Å². The number of aliphatic hydroxyl groups excluding tert-OH is 1. The molecule has 0 bridgehead atoms. The van der Waals surface area contributed by atoms with Crippen LogP contribution in [0, 0.1) is 5.92 Å². The summed E-state index contributed by atoms with van der Waals surface area (Å²) in [5.41, 5.74) is 0.00977. The van der Waals surface area contributed by atoms with E-state index in [1.165, 1.54) is 29.0 Å². The van der Waals surface area contributed by atoms with E-state index in [0.717, 1.165) is 30.5 Å². The summed E-state index contributed by atoms with van der Waals surface area (Å²) in [5, 5.41) is 12.3. The maximum Gasteiger partial charge on any atom is 0.416 e. The lowest BCUT2D eigenvalue weighted by Crippen LogP contribution is -2.48. The Kier molecular flexibility index (Phi) is 9.56. The number of hydrogen-bond acceptors (Lipinski definition) is 6. The summed E-state index contributed by atoms with van der Waals surface area (Å²) in [6.07, 6.45) is -4.24. The normalized spacial score (nSPS) is 18.9. The van der Waals surface area contributed by atoms with Gasteiger partial charge in [0.25, 0.3) is 0 Å². The van der Waals surface area contributed by atoms with Crippen molar-refractivity contribution in [2.75, 3.05) is 43.0 Å². The molecule has 1 aliphatic rings. The highest BCUT2D eigenvalue weighted by molar-refractivity contribution is 7.92. The van der Waals surface area contributed by atoms with E-state index in [1.807, 2.05) is 6.92 Å². The number of likely N-dealkylation sites (N-methyl/N-ethyl adjacent to an activating group) is 1. The molecule has 0 saturated carbocycles. The van der Waals surface area contributed by atoms with Gasteiger partial charge in [-0.3, -0.25) is 9.52 Å². The minimum atomic E-state index is -4.50.